The van der Waals surface area contributed by atoms with Gasteiger partial charge >= 0.3 is 0 Å². The van der Waals surface area contributed by atoms with Gasteiger partial charge in [0.05, 0.1) is 24.9 Å². The highest BCUT2D eigenvalue weighted by atomic mass is 16.3. The van der Waals surface area contributed by atoms with Crippen molar-refractivity contribution >= 4 is 16.9 Å². The minimum atomic E-state index is -0.0726. The van der Waals surface area contributed by atoms with E-state index in [0.717, 1.165) is 33.4 Å². The second-order valence-electron chi connectivity index (χ2n) is 6.04. The predicted molar refractivity (Wildman–Crippen MR) is 89.2 cm³/mol. The Morgan fingerprint density at radius 2 is 2.17 bits per heavy atom. The molecule has 5 heteroatoms. The lowest BCUT2D eigenvalue weighted by atomic mass is 10.1. The Morgan fingerprint density at radius 1 is 1.39 bits per heavy atom. The summed E-state index contributed by atoms with van der Waals surface area (Å²) in [4.78, 5) is 12.3. The molecule has 3 rings (SSSR count). The van der Waals surface area contributed by atoms with Crippen molar-refractivity contribution in [3.8, 4) is 0 Å². The molecule has 1 amide bonds. The van der Waals surface area contributed by atoms with Crippen LogP contribution < -0.4 is 5.32 Å². The van der Waals surface area contributed by atoms with Crippen molar-refractivity contribution < 1.29 is 9.21 Å². The molecule has 3 aromatic rings. The highest BCUT2D eigenvalue weighted by Crippen LogP contribution is 2.23. The molecule has 0 saturated heterocycles. The van der Waals surface area contributed by atoms with E-state index in [1.807, 2.05) is 50.7 Å². The number of carbonyl (C=O) groups is 1. The summed E-state index contributed by atoms with van der Waals surface area (Å²) in [5, 5.41) is 8.25. The molecule has 0 aliphatic heterocycles. The predicted octanol–water partition coefficient (Wildman–Crippen LogP) is 3.20. The Kier molecular flexibility index (Phi) is 3.94. The van der Waals surface area contributed by atoms with Crippen molar-refractivity contribution in [3.05, 3.63) is 53.0 Å². The first-order valence-corrected chi connectivity index (χ1v) is 7.70. The van der Waals surface area contributed by atoms with Crippen LogP contribution in [0.15, 0.2) is 35.1 Å². The fourth-order valence-electron chi connectivity index (χ4n) is 2.81. The molecule has 0 unspecified atom stereocenters. The van der Waals surface area contributed by atoms with Crippen LogP contribution in [0, 0.1) is 13.8 Å². The number of benzene rings is 1. The second kappa shape index (κ2) is 5.91. The van der Waals surface area contributed by atoms with Crippen LogP contribution in [0.5, 0.6) is 0 Å². The fourth-order valence-corrected chi connectivity index (χ4v) is 2.81. The van der Waals surface area contributed by atoms with Crippen molar-refractivity contribution in [1.82, 2.24) is 15.1 Å². The maximum Gasteiger partial charge on any atom is 0.225 e. The van der Waals surface area contributed by atoms with E-state index in [2.05, 4.69) is 10.4 Å². The van der Waals surface area contributed by atoms with Crippen LogP contribution in [0.25, 0.3) is 11.0 Å². The number of carbonyl (C=O) groups excluding carboxylic acids is 1. The minimum absolute atomic E-state index is 0.0240. The third kappa shape index (κ3) is 2.99. The first kappa shape index (κ1) is 15.3. The molecule has 2 aromatic heterocycles. The Bertz CT molecular complexity index is 860. The van der Waals surface area contributed by atoms with Crippen molar-refractivity contribution in [2.45, 2.75) is 33.2 Å². The zero-order chi connectivity index (χ0) is 16.6. The molecule has 1 N–H and O–H groups in total. The Balaban J connectivity index is 1.72. The van der Waals surface area contributed by atoms with Crippen LogP contribution in [-0.4, -0.2) is 15.7 Å². The highest BCUT2D eigenvalue weighted by molar-refractivity contribution is 5.88. The van der Waals surface area contributed by atoms with Crippen molar-refractivity contribution in [2.75, 3.05) is 0 Å². The van der Waals surface area contributed by atoms with Crippen LogP contribution in [0.2, 0.25) is 0 Å². The van der Waals surface area contributed by atoms with E-state index >= 15 is 0 Å². The van der Waals surface area contributed by atoms with Gasteiger partial charge in [0, 0.05) is 29.3 Å². The van der Waals surface area contributed by atoms with E-state index in [1.54, 1.807) is 12.5 Å². The van der Waals surface area contributed by atoms with Crippen molar-refractivity contribution in [3.63, 3.8) is 0 Å². The molecule has 0 spiro atoms. The van der Waals surface area contributed by atoms with Gasteiger partial charge in [-0.3, -0.25) is 9.48 Å². The van der Waals surface area contributed by atoms with Gasteiger partial charge in [0.15, 0.2) is 0 Å². The van der Waals surface area contributed by atoms with Crippen LogP contribution in [-0.2, 0) is 18.3 Å². The molecule has 1 aromatic carbocycles. The fraction of sp³-hybridized carbons (Fsp3) is 0.333. The average Bonchev–Trinajstić information content (AvgIpc) is 3.03. The highest BCUT2D eigenvalue weighted by Gasteiger charge is 2.16. The first-order chi connectivity index (χ1) is 11.0. The average molecular weight is 311 g/mol. The summed E-state index contributed by atoms with van der Waals surface area (Å²) < 4.78 is 7.36. The number of nitrogens with one attached hydrogen (secondary N) is 1. The SMILES string of the molecule is Cc1ccc2c(CC(=O)N[C@@H](C)c3cnn(C)c3C)coc2c1. The lowest BCUT2D eigenvalue weighted by molar-refractivity contribution is -0.121. The molecule has 0 radical (unpaired) electrons. The quantitative estimate of drug-likeness (QED) is 0.805. The van der Waals surface area contributed by atoms with E-state index < -0.39 is 0 Å². The maximum atomic E-state index is 12.3. The van der Waals surface area contributed by atoms with E-state index in [1.165, 1.54) is 0 Å². The summed E-state index contributed by atoms with van der Waals surface area (Å²) in [6.07, 6.45) is 3.78. The smallest absolute Gasteiger partial charge is 0.225 e. The van der Waals surface area contributed by atoms with Crippen LogP contribution in [0.1, 0.15) is 35.3 Å². The first-order valence-electron chi connectivity index (χ1n) is 7.70. The third-order valence-corrected chi connectivity index (χ3v) is 4.28. The zero-order valence-corrected chi connectivity index (χ0v) is 13.9. The number of hydrogen-bond donors (Lipinski definition) is 1. The molecular formula is C18H21N3O2. The van der Waals surface area contributed by atoms with Crippen molar-refractivity contribution in [1.29, 1.82) is 0 Å². The van der Waals surface area contributed by atoms with Gasteiger partial charge in [-0.2, -0.15) is 5.10 Å². The number of furan rings is 1. The lowest BCUT2D eigenvalue weighted by Gasteiger charge is -2.13. The molecule has 0 fully saturated rings. The van der Waals surface area contributed by atoms with Gasteiger partial charge in [-0.05, 0) is 32.4 Å². The molecule has 0 aliphatic rings. The van der Waals surface area contributed by atoms with E-state index in [9.17, 15) is 4.79 Å². The van der Waals surface area contributed by atoms with E-state index in [-0.39, 0.29) is 11.9 Å². The topological polar surface area (TPSA) is 60.1 Å². The van der Waals surface area contributed by atoms with Gasteiger partial charge in [-0.15, -0.1) is 0 Å². The molecule has 2 heterocycles. The Labute approximate surface area is 135 Å². The van der Waals surface area contributed by atoms with Gasteiger partial charge in [0.1, 0.15) is 5.58 Å². The second-order valence-corrected chi connectivity index (χ2v) is 6.04. The molecule has 120 valence electrons. The normalized spacial score (nSPS) is 12.5. The molecule has 0 bridgehead atoms. The van der Waals surface area contributed by atoms with Gasteiger partial charge in [-0.1, -0.05) is 12.1 Å². The lowest BCUT2D eigenvalue weighted by Crippen LogP contribution is -2.28. The van der Waals surface area contributed by atoms with E-state index in [0.29, 0.717) is 6.42 Å². The summed E-state index contributed by atoms with van der Waals surface area (Å²) >= 11 is 0. The maximum absolute atomic E-state index is 12.3. The number of nitrogens with zero attached hydrogens (tertiary/aromatic N) is 2. The Morgan fingerprint density at radius 3 is 2.87 bits per heavy atom. The van der Waals surface area contributed by atoms with Crippen LogP contribution >= 0.6 is 0 Å². The van der Waals surface area contributed by atoms with Gasteiger partial charge < -0.3 is 9.73 Å². The summed E-state index contributed by atoms with van der Waals surface area (Å²) in [6.45, 7) is 5.99. The molecule has 23 heavy (non-hydrogen) atoms. The minimum Gasteiger partial charge on any atom is -0.464 e. The molecule has 0 saturated carbocycles. The monoisotopic (exact) mass is 311 g/mol. The van der Waals surface area contributed by atoms with Gasteiger partial charge in [0.2, 0.25) is 5.91 Å². The van der Waals surface area contributed by atoms with Crippen molar-refractivity contribution in [2.24, 2.45) is 7.05 Å². The number of rotatable bonds is 4. The molecule has 5 nitrogen and oxygen atoms in total. The zero-order valence-electron chi connectivity index (χ0n) is 13.9. The summed E-state index contributed by atoms with van der Waals surface area (Å²) in [6, 6.07) is 5.95. The summed E-state index contributed by atoms with van der Waals surface area (Å²) in [7, 11) is 1.90. The van der Waals surface area contributed by atoms with Gasteiger partial charge in [0.25, 0.3) is 0 Å². The molecular weight excluding hydrogens is 290 g/mol. The molecule has 0 aliphatic carbocycles. The van der Waals surface area contributed by atoms with E-state index in [4.69, 9.17) is 4.42 Å². The van der Waals surface area contributed by atoms with Gasteiger partial charge in [-0.25, -0.2) is 0 Å². The summed E-state index contributed by atoms with van der Waals surface area (Å²) in [5.74, 6) is -0.0240. The summed E-state index contributed by atoms with van der Waals surface area (Å²) in [5.41, 5.74) is 4.97. The number of fused-ring (bicyclic) bond motifs is 1. The number of aryl methyl sites for hydroxylation is 2. The number of amides is 1. The number of aromatic nitrogens is 2. The standard InChI is InChI=1S/C18H21N3O2/c1-11-5-6-15-14(10-23-17(15)7-11)8-18(22)20-12(2)16-9-19-21(4)13(16)3/h5-7,9-10,12H,8H2,1-4H3,(H,20,22)/t12-/m0/s1. The Hall–Kier alpha value is -2.56. The third-order valence-electron chi connectivity index (χ3n) is 4.28. The van der Waals surface area contributed by atoms with Crippen LogP contribution in [0.4, 0.5) is 0 Å². The largest absolute Gasteiger partial charge is 0.464 e. The van der Waals surface area contributed by atoms with Crippen LogP contribution in [0.3, 0.4) is 0 Å². The number of hydrogen-bond acceptors (Lipinski definition) is 3. The molecule has 1 atom stereocenters.